The molecule has 9 heteroatoms. The Labute approximate surface area is 124 Å². The third kappa shape index (κ3) is 3.85. The van der Waals surface area contributed by atoms with Crippen LogP contribution in [0.4, 0.5) is 5.95 Å². The molecule has 21 heavy (non-hydrogen) atoms. The zero-order valence-electron chi connectivity index (χ0n) is 11.8. The fourth-order valence-corrected chi connectivity index (χ4v) is 2.34. The first-order valence-electron chi connectivity index (χ1n) is 6.14. The van der Waals surface area contributed by atoms with Gasteiger partial charge in [-0.05, 0) is 0 Å². The lowest BCUT2D eigenvalue weighted by Gasteiger charge is -2.13. The van der Waals surface area contributed by atoms with Gasteiger partial charge in [0.1, 0.15) is 18.6 Å². The molecular weight excluding hydrogens is 294 g/mol. The van der Waals surface area contributed by atoms with Crippen LogP contribution in [0.2, 0.25) is 0 Å². The normalized spacial score (nSPS) is 11.4. The van der Waals surface area contributed by atoms with E-state index in [1.807, 2.05) is 20.8 Å². The van der Waals surface area contributed by atoms with E-state index in [-0.39, 0.29) is 17.9 Å². The molecule has 2 aromatic rings. The highest BCUT2D eigenvalue weighted by molar-refractivity contribution is 7.10. The first-order chi connectivity index (χ1) is 9.75. The Morgan fingerprint density at radius 2 is 2.14 bits per heavy atom. The van der Waals surface area contributed by atoms with Crippen molar-refractivity contribution in [3.63, 3.8) is 0 Å². The average Bonchev–Trinajstić information content (AvgIpc) is 2.96. The molecule has 0 radical (unpaired) electrons. The minimum atomic E-state index is -1.04. The van der Waals surface area contributed by atoms with E-state index < -0.39 is 11.9 Å². The molecule has 8 nitrogen and oxygen atoms in total. The van der Waals surface area contributed by atoms with Gasteiger partial charge in [-0.2, -0.15) is 0 Å². The van der Waals surface area contributed by atoms with E-state index in [2.05, 4.69) is 20.4 Å². The Bertz CT molecular complexity index is 670. The van der Waals surface area contributed by atoms with Crippen LogP contribution >= 0.6 is 11.3 Å². The molecule has 0 fully saturated rings. The number of carboxylic acids is 1. The summed E-state index contributed by atoms with van der Waals surface area (Å²) in [6, 6.07) is 0. The van der Waals surface area contributed by atoms with Gasteiger partial charge in [-0.3, -0.25) is 14.9 Å². The number of rotatable bonds is 4. The Morgan fingerprint density at radius 3 is 2.71 bits per heavy atom. The van der Waals surface area contributed by atoms with Crippen LogP contribution in [0.3, 0.4) is 0 Å². The number of hydrogen-bond acceptors (Lipinski definition) is 6. The maximum absolute atomic E-state index is 12.0. The number of thiazole rings is 1. The number of amides is 1. The van der Waals surface area contributed by atoms with Crippen LogP contribution in [0.25, 0.3) is 0 Å². The third-order valence-corrected chi connectivity index (χ3v) is 3.71. The van der Waals surface area contributed by atoms with Crippen molar-refractivity contribution >= 4 is 29.2 Å². The van der Waals surface area contributed by atoms with Gasteiger partial charge in [0.05, 0.1) is 5.01 Å². The standard InChI is InChI=1S/C12H15N5O3S/c1-12(2,3)10-14-7(5-21-10)9(20)15-11-13-6-17(16-11)4-8(18)19/h5-6H,4H2,1-3H3,(H,18,19)(H,15,16,20). The van der Waals surface area contributed by atoms with Crippen LogP contribution in [0.15, 0.2) is 11.7 Å². The SMILES string of the molecule is CC(C)(C)c1nc(C(=O)Nc2ncn(CC(=O)O)n2)cs1. The van der Waals surface area contributed by atoms with Crippen molar-refractivity contribution in [1.29, 1.82) is 0 Å². The fourth-order valence-electron chi connectivity index (χ4n) is 1.45. The van der Waals surface area contributed by atoms with E-state index in [1.165, 1.54) is 17.7 Å². The summed E-state index contributed by atoms with van der Waals surface area (Å²) in [6.45, 7) is 5.74. The summed E-state index contributed by atoms with van der Waals surface area (Å²) in [7, 11) is 0. The van der Waals surface area contributed by atoms with E-state index in [9.17, 15) is 9.59 Å². The van der Waals surface area contributed by atoms with E-state index in [1.54, 1.807) is 5.38 Å². The summed E-state index contributed by atoms with van der Waals surface area (Å²) >= 11 is 1.41. The molecular formula is C12H15N5O3S. The maximum Gasteiger partial charge on any atom is 0.325 e. The first kappa shape index (κ1) is 15.1. The molecule has 0 saturated carbocycles. The van der Waals surface area contributed by atoms with Crippen molar-refractivity contribution in [1.82, 2.24) is 19.7 Å². The smallest absolute Gasteiger partial charge is 0.325 e. The van der Waals surface area contributed by atoms with Gasteiger partial charge in [0, 0.05) is 10.8 Å². The zero-order chi connectivity index (χ0) is 15.6. The van der Waals surface area contributed by atoms with Crippen molar-refractivity contribution in [2.75, 3.05) is 5.32 Å². The summed E-state index contributed by atoms with van der Waals surface area (Å²) < 4.78 is 1.12. The Hall–Kier alpha value is -2.29. The van der Waals surface area contributed by atoms with Crippen LogP contribution in [0.1, 0.15) is 36.3 Å². The van der Waals surface area contributed by atoms with Crippen molar-refractivity contribution in [3.05, 3.63) is 22.4 Å². The molecule has 2 N–H and O–H groups in total. The molecule has 2 aromatic heterocycles. The summed E-state index contributed by atoms with van der Waals surface area (Å²) in [4.78, 5) is 30.7. The minimum absolute atomic E-state index is 0.0477. The lowest BCUT2D eigenvalue weighted by molar-refractivity contribution is -0.137. The number of nitrogens with zero attached hydrogens (tertiary/aromatic N) is 4. The predicted octanol–water partition coefficient (Wildman–Crippen LogP) is 1.37. The fraction of sp³-hybridized carbons (Fsp3) is 0.417. The molecule has 0 saturated heterocycles. The van der Waals surface area contributed by atoms with Crippen molar-refractivity contribution < 1.29 is 14.7 Å². The molecule has 0 aliphatic carbocycles. The van der Waals surface area contributed by atoms with Gasteiger partial charge in [-0.25, -0.2) is 14.6 Å². The molecule has 2 rings (SSSR count). The van der Waals surface area contributed by atoms with Crippen molar-refractivity contribution in [3.8, 4) is 0 Å². The zero-order valence-corrected chi connectivity index (χ0v) is 12.6. The second-order valence-electron chi connectivity index (χ2n) is 5.40. The molecule has 0 atom stereocenters. The molecule has 0 unspecified atom stereocenters. The number of nitrogens with one attached hydrogen (secondary N) is 1. The largest absolute Gasteiger partial charge is 0.480 e. The average molecular weight is 309 g/mol. The van der Waals surface area contributed by atoms with Crippen LogP contribution in [-0.2, 0) is 16.8 Å². The first-order valence-corrected chi connectivity index (χ1v) is 7.02. The number of aliphatic carboxylic acids is 1. The number of carboxylic acid groups (broad SMARTS) is 1. The van der Waals surface area contributed by atoms with E-state index in [0.29, 0.717) is 5.69 Å². The predicted molar refractivity (Wildman–Crippen MR) is 76.4 cm³/mol. The quantitative estimate of drug-likeness (QED) is 0.882. The van der Waals surface area contributed by atoms with Crippen molar-refractivity contribution in [2.45, 2.75) is 32.7 Å². The topological polar surface area (TPSA) is 110 Å². The third-order valence-electron chi connectivity index (χ3n) is 2.44. The highest BCUT2D eigenvalue weighted by Gasteiger charge is 2.20. The Kier molecular flexibility index (Phi) is 4.03. The molecule has 112 valence electrons. The summed E-state index contributed by atoms with van der Waals surface area (Å²) in [5, 5.41) is 17.5. The van der Waals surface area contributed by atoms with Crippen molar-refractivity contribution in [2.24, 2.45) is 0 Å². The summed E-state index contributed by atoms with van der Waals surface area (Å²) in [5.74, 6) is -1.41. The lowest BCUT2D eigenvalue weighted by Crippen LogP contribution is -2.16. The van der Waals surface area contributed by atoms with Gasteiger partial charge >= 0.3 is 5.97 Å². The second-order valence-corrected chi connectivity index (χ2v) is 6.26. The Morgan fingerprint density at radius 1 is 1.43 bits per heavy atom. The van der Waals surface area contributed by atoms with E-state index in [0.717, 1.165) is 9.69 Å². The molecule has 0 aliphatic heterocycles. The van der Waals surface area contributed by atoms with Crippen LogP contribution in [0, 0.1) is 0 Å². The molecule has 1 amide bonds. The van der Waals surface area contributed by atoms with Gasteiger partial charge in [0.15, 0.2) is 0 Å². The molecule has 0 spiro atoms. The number of anilines is 1. The van der Waals surface area contributed by atoms with Gasteiger partial charge in [-0.1, -0.05) is 20.8 Å². The minimum Gasteiger partial charge on any atom is -0.480 e. The van der Waals surface area contributed by atoms with Gasteiger partial charge < -0.3 is 5.11 Å². The number of hydrogen-bond donors (Lipinski definition) is 2. The molecule has 0 bridgehead atoms. The highest BCUT2D eigenvalue weighted by atomic mass is 32.1. The summed E-state index contributed by atoms with van der Waals surface area (Å²) in [6.07, 6.45) is 1.24. The van der Waals surface area contributed by atoms with Gasteiger partial charge in [-0.15, -0.1) is 16.4 Å². The highest BCUT2D eigenvalue weighted by Crippen LogP contribution is 2.25. The second kappa shape index (κ2) is 5.60. The molecule has 0 aromatic carbocycles. The number of carbonyl (C=O) groups excluding carboxylic acids is 1. The Balaban J connectivity index is 2.06. The van der Waals surface area contributed by atoms with Crippen LogP contribution in [0.5, 0.6) is 0 Å². The summed E-state index contributed by atoms with van der Waals surface area (Å²) in [5.41, 5.74) is 0.171. The lowest BCUT2D eigenvalue weighted by atomic mass is 9.98. The molecule has 2 heterocycles. The number of carbonyl (C=O) groups is 2. The van der Waals surface area contributed by atoms with E-state index >= 15 is 0 Å². The van der Waals surface area contributed by atoms with Gasteiger partial charge in [0.25, 0.3) is 5.91 Å². The molecule has 0 aliphatic rings. The van der Waals surface area contributed by atoms with E-state index in [4.69, 9.17) is 5.11 Å². The van der Waals surface area contributed by atoms with Crippen LogP contribution < -0.4 is 5.32 Å². The van der Waals surface area contributed by atoms with Crippen LogP contribution in [-0.4, -0.2) is 36.7 Å². The number of aromatic nitrogens is 4. The maximum atomic E-state index is 12.0. The van der Waals surface area contributed by atoms with Gasteiger partial charge in [0.2, 0.25) is 5.95 Å². The monoisotopic (exact) mass is 309 g/mol.